The number of carbonyl (C=O) groups excluding carboxylic acids is 2. The number of benzene rings is 1. The van der Waals surface area contributed by atoms with Crippen molar-refractivity contribution in [3.05, 3.63) is 30.3 Å². The number of hydrogen-bond acceptors (Lipinski definition) is 6. The van der Waals surface area contributed by atoms with Crippen molar-refractivity contribution in [3.8, 4) is 0 Å². The highest BCUT2D eigenvalue weighted by Gasteiger charge is 2.60. The van der Waals surface area contributed by atoms with Crippen molar-refractivity contribution in [1.82, 2.24) is 0 Å². The first kappa shape index (κ1) is 18.1. The molecular weight excluding hydrogens is 336 g/mol. The first-order chi connectivity index (χ1) is 11.1. The lowest BCUT2D eigenvalue weighted by molar-refractivity contribution is -0.148. The zero-order chi connectivity index (χ0) is 18.1. The predicted molar refractivity (Wildman–Crippen MR) is 87.1 cm³/mol. The maximum Gasteiger partial charge on any atom is 0.330 e. The molecule has 2 rings (SSSR count). The number of hydrogen-bond donors (Lipinski definition) is 1. The van der Waals surface area contributed by atoms with Crippen LogP contribution in [0.3, 0.4) is 0 Å². The maximum absolute atomic E-state index is 12.7. The summed E-state index contributed by atoms with van der Waals surface area (Å²) in [5.41, 5.74) is 0.517. The molecule has 8 nitrogen and oxygen atoms in total. The van der Waals surface area contributed by atoms with E-state index in [9.17, 15) is 22.6 Å². The van der Waals surface area contributed by atoms with Gasteiger partial charge in [-0.1, -0.05) is 18.2 Å². The molecular formula is C15H18N2O6S. The molecule has 2 atom stereocenters. The van der Waals surface area contributed by atoms with Gasteiger partial charge in [-0.3, -0.25) is 14.1 Å². The van der Waals surface area contributed by atoms with Gasteiger partial charge < -0.3 is 4.74 Å². The van der Waals surface area contributed by atoms with E-state index in [1.165, 1.54) is 13.8 Å². The lowest BCUT2D eigenvalue weighted by atomic mass is 9.89. The summed E-state index contributed by atoms with van der Waals surface area (Å²) < 4.78 is 35.8. The standard InChI is InChI=1S/C15H18N2O6S/c1-4-23-14(19)15(3,24(20,21)22)12-10(2)16-17(13(12)18)11-8-6-5-7-9-11/h5-9,12H,4H2,1-3H3,(H,20,21,22). The third-order valence-electron chi connectivity index (χ3n) is 3.90. The van der Waals surface area contributed by atoms with Crippen LogP contribution in [-0.4, -0.2) is 41.9 Å². The molecule has 1 heterocycles. The van der Waals surface area contributed by atoms with E-state index in [4.69, 9.17) is 4.74 Å². The molecule has 0 radical (unpaired) electrons. The molecule has 1 aliphatic heterocycles. The van der Waals surface area contributed by atoms with Gasteiger partial charge in [0, 0.05) is 0 Å². The number of amides is 1. The largest absolute Gasteiger partial charge is 0.465 e. The Hall–Kier alpha value is -2.26. The summed E-state index contributed by atoms with van der Waals surface area (Å²) in [5, 5.41) is 5.08. The highest BCUT2D eigenvalue weighted by atomic mass is 32.2. The molecule has 1 amide bonds. The van der Waals surface area contributed by atoms with Crippen molar-refractivity contribution in [2.24, 2.45) is 11.0 Å². The molecule has 0 aromatic heterocycles. The Morgan fingerprint density at radius 2 is 1.96 bits per heavy atom. The summed E-state index contributed by atoms with van der Waals surface area (Å²) in [6, 6.07) is 8.36. The average Bonchev–Trinajstić information content (AvgIpc) is 2.81. The van der Waals surface area contributed by atoms with Gasteiger partial charge in [0.1, 0.15) is 5.92 Å². The van der Waals surface area contributed by atoms with Crippen molar-refractivity contribution in [2.45, 2.75) is 25.5 Å². The minimum Gasteiger partial charge on any atom is -0.465 e. The fourth-order valence-electron chi connectivity index (χ4n) is 2.60. The van der Waals surface area contributed by atoms with Crippen LogP contribution in [0.15, 0.2) is 35.4 Å². The quantitative estimate of drug-likeness (QED) is 0.628. The molecule has 0 spiro atoms. The molecule has 2 unspecified atom stereocenters. The van der Waals surface area contributed by atoms with Gasteiger partial charge >= 0.3 is 5.97 Å². The molecule has 0 saturated heterocycles. The highest BCUT2D eigenvalue weighted by molar-refractivity contribution is 7.88. The molecule has 1 aromatic rings. The van der Waals surface area contributed by atoms with Crippen LogP contribution in [-0.2, 0) is 24.4 Å². The molecule has 24 heavy (non-hydrogen) atoms. The van der Waals surface area contributed by atoms with E-state index in [0.29, 0.717) is 5.69 Å². The van der Waals surface area contributed by atoms with E-state index >= 15 is 0 Å². The zero-order valence-electron chi connectivity index (χ0n) is 13.5. The van der Waals surface area contributed by atoms with Crippen LogP contribution >= 0.6 is 0 Å². The molecule has 1 aromatic carbocycles. The Balaban J connectivity index is 2.52. The highest BCUT2D eigenvalue weighted by Crippen LogP contribution is 2.36. The lowest BCUT2D eigenvalue weighted by Gasteiger charge is -2.29. The molecule has 0 saturated carbocycles. The Bertz CT molecular complexity index is 789. The van der Waals surface area contributed by atoms with Gasteiger partial charge in [-0.2, -0.15) is 13.5 Å². The Morgan fingerprint density at radius 3 is 2.46 bits per heavy atom. The second-order valence-electron chi connectivity index (χ2n) is 5.46. The van der Waals surface area contributed by atoms with Gasteiger partial charge in [0.25, 0.3) is 16.0 Å². The SMILES string of the molecule is CCOC(=O)C(C)(C1C(=O)N(c2ccccc2)N=C1C)S(=O)(=O)O. The van der Waals surface area contributed by atoms with Crippen molar-refractivity contribution >= 4 is 33.4 Å². The van der Waals surface area contributed by atoms with Crippen molar-refractivity contribution in [2.75, 3.05) is 11.6 Å². The minimum absolute atomic E-state index is 0.0938. The number of ether oxygens (including phenoxy) is 1. The molecule has 0 fully saturated rings. The second-order valence-corrected chi connectivity index (χ2v) is 7.26. The van der Waals surface area contributed by atoms with Crippen LogP contribution in [0.5, 0.6) is 0 Å². The van der Waals surface area contributed by atoms with Crippen molar-refractivity contribution in [3.63, 3.8) is 0 Å². The fourth-order valence-corrected chi connectivity index (χ4v) is 3.44. The van der Waals surface area contributed by atoms with Crippen molar-refractivity contribution in [1.29, 1.82) is 0 Å². The summed E-state index contributed by atoms with van der Waals surface area (Å²) >= 11 is 0. The topological polar surface area (TPSA) is 113 Å². The van der Waals surface area contributed by atoms with Crippen LogP contribution in [0, 0.1) is 5.92 Å². The Morgan fingerprint density at radius 1 is 1.38 bits per heavy atom. The van der Waals surface area contributed by atoms with Crippen molar-refractivity contribution < 1.29 is 27.3 Å². The van der Waals surface area contributed by atoms with E-state index in [0.717, 1.165) is 11.9 Å². The number of para-hydroxylation sites is 1. The number of nitrogens with zero attached hydrogens (tertiary/aromatic N) is 2. The monoisotopic (exact) mass is 354 g/mol. The van der Waals surface area contributed by atoms with E-state index in [1.54, 1.807) is 30.3 Å². The maximum atomic E-state index is 12.7. The van der Waals surface area contributed by atoms with Crippen LogP contribution < -0.4 is 5.01 Å². The van der Waals surface area contributed by atoms with E-state index in [1.807, 2.05) is 0 Å². The van der Waals surface area contributed by atoms with E-state index < -0.39 is 32.7 Å². The van der Waals surface area contributed by atoms with Crippen LogP contribution in [0.25, 0.3) is 0 Å². The predicted octanol–water partition coefficient (Wildman–Crippen LogP) is 1.23. The Labute approximate surface area is 139 Å². The van der Waals surface area contributed by atoms with Gasteiger partial charge in [-0.05, 0) is 32.9 Å². The minimum atomic E-state index is -4.94. The van der Waals surface area contributed by atoms with Gasteiger partial charge in [0.05, 0.1) is 18.0 Å². The summed E-state index contributed by atoms with van der Waals surface area (Å²) in [6.07, 6.45) is 0. The number of hydrazone groups is 1. The van der Waals surface area contributed by atoms with Gasteiger partial charge in [0.15, 0.2) is 0 Å². The number of rotatable bonds is 5. The fraction of sp³-hybridized carbons (Fsp3) is 0.400. The molecule has 130 valence electrons. The summed E-state index contributed by atoms with van der Waals surface area (Å²) in [6.45, 7) is 3.80. The molecule has 0 aliphatic carbocycles. The number of carbonyl (C=O) groups is 2. The van der Waals surface area contributed by atoms with Gasteiger partial charge in [-0.15, -0.1) is 0 Å². The average molecular weight is 354 g/mol. The smallest absolute Gasteiger partial charge is 0.330 e. The third-order valence-corrected chi connectivity index (χ3v) is 5.37. The van der Waals surface area contributed by atoms with Gasteiger partial charge in [-0.25, -0.2) is 5.01 Å². The van der Waals surface area contributed by atoms with E-state index in [2.05, 4.69) is 5.10 Å². The van der Waals surface area contributed by atoms with Gasteiger partial charge in [0.2, 0.25) is 4.75 Å². The Kier molecular flexibility index (Phi) is 4.77. The number of esters is 1. The van der Waals surface area contributed by atoms with E-state index in [-0.39, 0.29) is 12.3 Å². The second kappa shape index (κ2) is 6.33. The summed E-state index contributed by atoms with van der Waals surface area (Å²) in [7, 11) is -4.94. The third kappa shape index (κ3) is 2.80. The van der Waals surface area contributed by atoms with Crippen LogP contribution in [0.1, 0.15) is 20.8 Å². The molecule has 1 aliphatic rings. The first-order valence-electron chi connectivity index (χ1n) is 7.23. The summed E-state index contributed by atoms with van der Waals surface area (Å²) in [4.78, 5) is 25.0. The van der Waals surface area contributed by atoms with Crippen LogP contribution in [0.4, 0.5) is 5.69 Å². The summed E-state index contributed by atoms with van der Waals surface area (Å²) in [5.74, 6) is -3.41. The van der Waals surface area contributed by atoms with Crippen LogP contribution in [0.2, 0.25) is 0 Å². The molecule has 9 heteroatoms. The lowest BCUT2D eigenvalue weighted by Crippen LogP contribution is -2.55. The molecule has 0 bridgehead atoms. The normalized spacial score (nSPS) is 20.5. The molecule has 1 N–H and O–H groups in total. The first-order valence-corrected chi connectivity index (χ1v) is 8.67. The zero-order valence-corrected chi connectivity index (χ0v) is 14.3. The number of anilines is 1.